The van der Waals surface area contributed by atoms with Crippen LogP contribution in [0.3, 0.4) is 0 Å². The minimum Gasteiger partial charge on any atom is -0.249 e. The molecule has 0 aromatic carbocycles. The quantitative estimate of drug-likeness (QED) is 0.737. The van der Waals surface area contributed by atoms with E-state index in [9.17, 15) is 0 Å². The van der Waals surface area contributed by atoms with Crippen LogP contribution < -0.4 is 0 Å². The highest BCUT2D eigenvalue weighted by atomic mass is 15.4. The molecule has 2 heterocycles. The van der Waals surface area contributed by atoms with E-state index in [1.54, 1.807) is 6.08 Å². The molecule has 0 aliphatic rings. The molecular weight excluding hydrogens is 276 g/mol. The number of hydrogen-bond donors (Lipinski definition) is 0. The standard InChI is InChI=1S/C16H26N6/c1-6-14-11-21(19-17-14)13(2)9-7-8-10-15-12-22(20-18-15)16(3,4)5/h6,11-13H,1,7-10H2,2-5H3. The molecule has 0 N–H and O–H groups in total. The molecular formula is C16H26N6. The number of aromatic nitrogens is 6. The molecule has 120 valence electrons. The summed E-state index contributed by atoms with van der Waals surface area (Å²) in [7, 11) is 0. The summed E-state index contributed by atoms with van der Waals surface area (Å²) in [5, 5.41) is 16.6. The first-order chi connectivity index (χ1) is 10.4. The number of nitrogens with zero attached hydrogens (tertiary/aromatic N) is 6. The summed E-state index contributed by atoms with van der Waals surface area (Å²) in [6.07, 6.45) is 9.99. The number of hydrogen-bond acceptors (Lipinski definition) is 4. The SMILES string of the molecule is C=Cc1cn(C(C)CCCCc2cn(C(C)(C)C)nn2)nn1. The number of aryl methyl sites for hydroxylation is 1. The van der Waals surface area contributed by atoms with Crippen molar-refractivity contribution in [1.82, 2.24) is 30.0 Å². The minimum atomic E-state index is -0.00425. The molecule has 0 aliphatic carbocycles. The second-order valence-corrected chi connectivity index (χ2v) is 6.75. The molecule has 0 spiro atoms. The van der Waals surface area contributed by atoms with Crippen molar-refractivity contribution in [3.63, 3.8) is 0 Å². The molecule has 0 bridgehead atoms. The van der Waals surface area contributed by atoms with E-state index >= 15 is 0 Å². The van der Waals surface area contributed by atoms with E-state index < -0.39 is 0 Å². The topological polar surface area (TPSA) is 61.4 Å². The van der Waals surface area contributed by atoms with Gasteiger partial charge in [-0.1, -0.05) is 23.4 Å². The molecule has 0 radical (unpaired) electrons. The third-order valence-corrected chi connectivity index (χ3v) is 3.72. The highest BCUT2D eigenvalue weighted by Crippen LogP contribution is 2.16. The third kappa shape index (κ3) is 4.26. The van der Waals surface area contributed by atoms with Crippen molar-refractivity contribution in [1.29, 1.82) is 0 Å². The largest absolute Gasteiger partial charge is 0.249 e. The minimum absolute atomic E-state index is 0.00425. The summed E-state index contributed by atoms with van der Waals surface area (Å²) in [4.78, 5) is 0. The van der Waals surface area contributed by atoms with Gasteiger partial charge in [0, 0.05) is 6.20 Å². The van der Waals surface area contributed by atoms with Gasteiger partial charge in [0.15, 0.2) is 0 Å². The highest BCUT2D eigenvalue weighted by molar-refractivity contribution is 5.38. The van der Waals surface area contributed by atoms with Gasteiger partial charge in [-0.15, -0.1) is 10.2 Å². The molecule has 1 atom stereocenters. The average molecular weight is 302 g/mol. The van der Waals surface area contributed by atoms with Gasteiger partial charge in [0.05, 0.1) is 23.5 Å². The molecule has 1 unspecified atom stereocenters. The van der Waals surface area contributed by atoms with E-state index in [4.69, 9.17) is 0 Å². The summed E-state index contributed by atoms with van der Waals surface area (Å²) in [6, 6.07) is 0.353. The molecule has 0 saturated carbocycles. The summed E-state index contributed by atoms with van der Waals surface area (Å²) in [5.74, 6) is 0. The lowest BCUT2D eigenvalue weighted by molar-refractivity contribution is 0.347. The van der Waals surface area contributed by atoms with Crippen LogP contribution in [-0.2, 0) is 12.0 Å². The molecule has 0 fully saturated rings. The van der Waals surface area contributed by atoms with Crippen LogP contribution in [0, 0.1) is 0 Å². The summed E-state index contributed by atoms with van der Waals surface area (Å²) in [6.45, 7) is 12.2. The van der Waals surface area contributed by atoms with Crippen molar-refractivity contribution in [2.45, 2.75) is 65.0 Å². The van der Waals surface area contributed by atoms with Gasteiger partial charge in [-0.25, -0.2) is 9.36 Å². The van der Waals surface area contributed by atoms with Crippen LogP contribution in [0.15, 0.2) is 19.0 Å². The number of rotatable bonds is 7. The monoisotopic (exact) mass is 302 g/mol. The first-order valence-electron chi connectivity index (χ1n) is 7.86. The summed E-state index contributed by atoms with van der Waals surface area (Å²) >= 11 is 0. The normalized spacial score (nSPS) is 13.3. The molecule has 0 aliphatic heterocycles. The Morgan fingerprint density at radius 2 is 1.95 bits per heavy atom. The first kappa shape index (κ1) is 16.4. The molecule has 0 amide bonds. The Morgan fingerprint density at radius 1 is 1.18 bits per heavy atom. The summed E-state index contributed by atoms with van der Waals surface area (Å²) in [5.41, 5.74) is 1.89. The van der Waals surface area contributed by atoms with Gasteiger partial charge in [-0.3, -0.25) is 0 Å². The van der Waals surface area contributed by atoms with Crippen LogP contribution in [0.4, 0.5) is 0 Å². The Bertz CT molecular complexity index is 604. The Kier molecular flexibility index (Phi) is 5.11. The fourth-order valence-corrected chi connectivity index (χ4v) is 2.22. The smallest absolute Gasteiger partial charge is 0.105 e. The van der Waals surface area contributed by atoms with E-state index in [-0.39, 0.29) is 5.54 Å². The highest BCUT2D eigenvalue weighted by Gasteiger charge is 2.15. The molecule has 2 aromatic heterocycles. The van der Waals surface area contributed by atoms with E-state index in [0.29, 0.717) is 6.04 Å². The lowest BCUT2D eigenvalue weighted by Crippen LogP contribution is -2.22. The van der Waals surface area contributed by atoms with Crippen molar-refractivity contribution in [2.75, 3.05) is 0 Å². The zero-order chi connectivity index (χ0) is 16.2. The van der Waals surface area contributed by atoms with Crippen LogP contribution in [0.25, 0.3) is 6.08 Å². The van der Waals surface area contributed by atoms with Crippen molar-refractivity contribution in [2.24, 2.45) is 0 Å². The van der Waals surface area contributed by atoms with Gasteiger partial charge >= 0.3 is 0 Å². The van der Waals surface area contributed by atoms with Crippen LogP contribution in [-0.4, -0.2) is 30.0 Å². The molecule has 22 heavy (non-hydrogen) atoms. The fourth-order valence-electron chi connectivity index (χ4n) is 2.22. The van der Waals surface area contributed by atoms with Gasteiger partial charge in [-0.05, 0) is 53.0 Å². The zero-order valence-electron chi connectivity index (χ0n) is 14.0. The van der Waals surface area contributed by atoms with E-state index in [0.717, 1.165) is 37.1 Å². The van der Waals surface area contributed by atoms with Crippen molar-refractivity contribution < 1.29 is 0 Å². The third-order valence-electron chi connectivity index (χ3n) is 3.72. The Balaban J connectivity index is 1.75. The van der Waals surface area contributed by atoms with Gasteiger partial charge < -0.3 is 0 Å². The maximum absolute atomic E-state index is 4.25. The van der Waals surface area contributed by atoms with Crippen molar-refractivity contribution in [3.8, 4) is 0 Å². The fraction of sp³-hybridized carbons (Fsp3) is 0.625. The molecule has 0 saturated heterocycles. The lowest BCUT2D eigenvalue weighted by Gasteiger charge is -2.17. The van der Waals surface area contributed by atoms with Crippen LogP contribution in [0.5, 0.6) is 0 Å². The molecule has 6 heteroatoms. The molecule has 2 rings (SSSR count). The second-order valence-electron chi connectivity index (χ2n) is 6.75. The maximum atomic E-state index is 4.25. The van der Waals surface area contributed by atoms with E-state index in [1.807, 2.05) is 15.6 Å². The Morgan fingerprint density at radius 3 is 2.55 bits per heavy atom. The Labute approximate surface area is 132 Å². The van der Waals surface area contributed by atoms with Crippen molar-refractivity contribution >= 4 is 6.08 Å². The lowest BCUT2D eigenvalue weighted by atomic mass is 10.1. The van der Waals surface area contributed by atoms with Gasteiger partial charge in [0.1, 0.15) is 5.69 Å². The van der Waals surface area contributed by atoms with Gasteiger partial charge in [0.2, 0.25) is 0 Å². The average Bonchev–Trinajstić information content (AvgIpc) is 3.11. The van der Waals surface area contributed by atoms with Crippen LogP contribution in [0.2, 0.25) is 0 Å². The van der Waals surface area contributed by atoms with Crippen molar-refractivity contribution in [3.05, 3.63) is 30.4 Å². The Hall–Kier alpha value is -1.98. The van der Waals surface area contributed by atoms with Crippen LogP contribution >= 0.6 is 0 Å². The van der Waals surface area contributed by atoms with Gasteiger partial charge in [0.25, 0.3) is 0 Å². The number of unbranched alkanes of at least 4 members (excludes halogenated alkanes) is 1. The van der Waals surface area contributed by atoms with E-state index in [2.05, 4.69) is 61.1 Å². The maximum Gasteiger partial charge on any atom is 0.105 e. The molecule has 2 aromatic rings. The summed E-state index contributed by atoms with van der Waals surface area (Å²) < 4.78 is 3.84. The predicted octanol–water partition coefficient (Wildman–Crippen LogP) is 3.24. The second kappa shape index (κ2) is 6.85. The van der Waals surface area contributed by atoms with E-state index in [1.165, 1.54) is 0 Å². The van der Waals surface area contributed by atoms with Gasteiger partial charge in [-0.2, -0.15) is 0 Å². The first-order valence-corrected chi connectivity index (χ1v) is 7.86. The predicted molar refractivity (Wildman–Crippen MR) is 87.4 cm³/mol. The zero-order valence-corrected chi connectivity index (χ0v) is 14.0. The van der Waals surface area contributed by atoms with Crippen LogP contribution in [0.1, 0.15) is 64.4 Å². The molecule has 6 nitrogen and oxygen atoms in total.